The van der Waals surface area contributed by atoms with Gasteiger partial charge in [0.1, 0.15) is 0 Å². The largest absolute Gasteiger partial charge is 0.544 e. The van der Waals surface area contributed by atoms with Gasteiger partial charge in [-0.05, 0) is 41.0 Å². The number of carboxylic acids is 1. The van der Waals surface area contributed by atoms with E-state index in [0.717, 1.165) is 23.3 Å². The summed E-state index contributed by atoms with van der Waals surface area (Å²) >= 11 is 0.913. The Kier molecular flexibility index (Phi) is 4.81. The van der Waals surface area contributed by atoms with Crippen LogP contribution in [0.5, 0.6) is 0 Å². The number of carboxylic acid groups (broad SMARTS) is 1. The number of rotatable bonds is 6. The molecule has 0 unspecified atom stereocenters. The summed E-state index contributed by atoms with van der Waals surface area (Å²) < 4.78 is 27.1. The highest BCUT2D eigenvalue weighted by Crippen LogP contribution is 2.29. The third-order valence-electron chi connectivity index (χ3n) is 3.92. The van der Waals surface area contributed by atoms with Crippen LogP contribution in [-0.2, 0) is 15.4 Å². The van der Waals surface area contributed by atoms with Crippen molar-refractivity contribution in [2.45, 2.75) is 37.5 Å². The lowest BCUT2D eigenvalue weighted by atomic mass is 9.82. The van der Waals surface area contributed by atoms with Gasteiger partial charge < -0.3 is 9.90 Å². The zero-order valence-corrected chi connectivity index (χ0v) is 14.8. The van der Waals surface area contributed by atoms with E-state index in [0.29, 0.717) is 0 Å². The molecule has 2 aromatic rings. The lowest BCUT2D eigenvalue weighted by Crippen LogP contribution is -2.23. The molecule has 0 aliphatic heterocycles. The molecule has 0 amide bonds. The van der Waals surface area contributed by atoms with Crippen LogP contribution in [-0.4, -0.2) is 14.4 Å². The smallest absolute Gasteiger partial charge is 0.261 e. The molecule has 7 heteroatoms. The van der Waals surface area contributed by atoms with Gasteiger partial charge in [0.15, 0.2) is 0 Å². The van der Waals surface area contributed by atoms with Crippen molar-refractivity contribution in [3.05, 3.63) is 46.2 Å². The van der Waals surface area contributed by atoms with Crippen LogP contribution in [0.1, 0.15) is 42.4 Å². The number of carbonyl (C=O) groups excluding carboxylic acids is 1. The van der Waals surface area contributed by atoms with Crippen LogP contribution in [0.4, 0.5) is 5.69 Å². The number of hydrogen-bond donors (Lipinski definition) is 1. The third kappa shape index (κ3) is 3.73. The molecule has 23 heavy (non-hydrogen) atoms. The van der Waals surface area contributed by atoms with Crippen molar-refractivity contribution in [3.63, 3.8) is 0 Å². The van der Waals surface area contributed by atoms with Crippen LogP contribution in [0.3, 0.4) is 0 Å². The van der Waals surface area contributed by atoms with Gasteiger partial charge in [-0.2, -0.15) is 0 Å². The highest BCUT2D eigenvalue weighted by Gasteiger charge is 2.21. The van der Waals surface area contributed by atoms with Crippen LogP contribution in [0.25, 0.3) is 0 Å². The van der Waals surface area contributed by atoms with E-state index in [4.69, 9.17) is 0 Å². The summed E-state index contributed by atoms with van der Waals surface area (Å²) in [5.41, 5.74) is 1.03. The van der Waals surface area contributed by atoms with Crippen molar-refractivity contribution in [2.24, 2.45) is 0 Å². The fourth-order valence-electron chi connectivity index (χ4n) is 2.04. The van der Waals surface area contributed by atoms with Crippen LogP contribution < -0.4 is 9.83 Å². The fourth-order valence-corrected chi connectivity index (χ4v) is 3.86. The molecule has 1 aromatic carbocycles. The predicted molar refractivity (Wildman–Crippen MR) is 89.2 cm³/mol. The zero-order valence-electron chi connectivity index (χ0n) is 13.1. The van der Waals surface area contributed by atoms with E-state index in [2.05, 4.69) is 25.5 Å². The van der Waals surface area contributed by atoms with Gasteiger partial charge in [0, 0.05) is 0 Å². The summed E-state index contributed by atoms with van der Waals surface area (Å²) in [6.45, 7) is 6.25. The van der Waals surface area contributed by atoms with Gasteiger partial charge in [0.05, 0.1) is 21.4 Å². The number of nitrogens with one attached hydrogen (secondary N) is 1. The first-order valence-corrected chi connectivity index (χ1v) is 9.46. The first kappa shape index (κ1) is 17.5. The molecule has 0 bridgehead atoms. The predicted octanol–water partition coefficient (Wildman–Crippen LogP) is 2.60. The Balaban J connectivity index is 2.30. The van der Waals surface area contributed by atoms with E-state index in [-0.39, 0.29) is 20.9 Å². The van der Waals surface area contributed by atoms with Crippen LogP contribution in [0, 0.1) is 0 Å². The average molecular weight is 352 g/mol. The van der Waals surface area contributed by atoms with Crippen molar-refractivity contribution in [2.75, 3.05) is 4.72 Å². The topological polar surface area (TPSA) is 86.3 Å². The maximum absolute atomic E-state index is 12.4. The summed E-state index contributed by atoms with van der Waals surface area (Å²) in [5.74, 6) is -1.40. The summed E-state index contributed by atoms with van der Waals surface area (Å²) in [4.78, 5) is 10.9. The molecule has 0 saturated carbocycles. The van der Waals surface area contributed by atoms with Crippen LogP contribution in [0.15, 0.2) is 40.6 Å². The SMILES string of the molecule is CCC(C)(C)c1ccc(S(=O)(=O)Nc2ccsc2C(=O)[O-])cc1. The molecule has 1 heterocycles. The number of anilines is 1. The molecule has 0 spiro atoms. The van der Waals surface area contributed by atoms with Gasteiger partial charge in [-0.1, -0.05) is 32.9 Å². The molecule has 0 atom stereocenters. The Labute approximate surface area is 140 Å². The second-order valence-electron chi connectivity index (χ2n) is 5.82. The molecule has 0 saturated heterocycles. The Morgan fingerprint density at radius 1 is 1.22 bits per heavy atom. The Bertz CT molecular complexity index is 805. The highest BCUT2D eigenvalue weighted by atomic mass is 32.2. The Hall–Kier alpha value is -1.86. The number of sulfonamides is 1. The summed E-state index contributed by atoms with van der Waals surface area (Å²) in [6.07, 6.45) is 0.932. The van der Waals surface area contributed by atoms with Gasteiger partial charge in [0.2, 0.25) is 0 Å². The maximum Gasteiger partial charge on any atom is 0.261 e. The van der Waals surface area contributed by atoms with E-state index in [1.54, 1.807) is 12.1 Å². The van der Waals surface area contributed by atoms with Crippen molar-refractivity contribution < 1.29 is 18.3 Å². The molecule has 0 fully saturated rings. The van der Waals surface area contributed by atoms with Crippen LogP contribution >= 0.6 is 11.3 Å². The molecule has 0 aliphatic carbocycles. The van der Waals surface area contributed by atoms with Gasteiger partial charge in [-0.25, -0.2) is 8.42 Å². The Morgan fingerprint density at radius 3 is 2.35 bits per heavy atom. The van der Waals surface area contributed by atoms with E-state index in [1.165, 1.54) is 23.6 Å². The van der Waals surface area contributed by atoms with Crippen LogP contribution in [0.2, 0.25) is 0 Å². The first-order chi connectivity index (χ1) is 10.7. The molecular weight excluding hydrogens is 334 g/mol. The minimum absolute atomic E-state index is 0.0213. The van der Waals surface area contributed by atoms with Gasteiger partial charge in [0.25, 0.3) is 10.0 Å². The third-order valence-corrected chi connectivity index (χ3v) is 6.20. The molecule has 1 aromatic heterocycles. The minimum Gasteiger partial charge on any atom is -0.544 e. The lowest BCUT2D eigenvalue weighted by molar-refractivity contribution is -0.254. The minimum atomic E-state index is -3.84. The second kappa shape index (κ2) is 6.33. The van der Waals surface area contributed by atoms with Crippen molar-refractivity contribution >= 4 is 33.0 Å². The number of thiophene rings is 1. The van der Waals surface area contributed by atoms with Crippen molar-refractivity contribution in [3.8, 4) is 0 Å². The van der Waals surface area contributed by atoms with E-state index in [9.17, 15) is 18.3 Å². The lowest BCUT2D eigenvalue weighted by Gasteiger charge is -2.23. The quantitative estimate of drug-likeness (QED) is 0.866. The zero-order chi connectivity index (χ0) is 17.3. The van der Waals surface area contributed by atoms with E-state index < -0.39 is 16.0 Å². The molecule has 0 aliphatic rings. The standard InChI is InChI=1S/C16H19NO4S2/c1-4-16(2,3)11-5-7-12(8-6-11)23(20,21)17-13-9-10-22-14(13)15(18)19/h5-10,17H,4H2,1-3H3,(H,18,19)/p-1. The number of aromatic carboxylic acids is 1. The van der Waals surface area contributed by atoms with Gasteiger partial charge in [-0.15, -0.1) is 11.3 Å². The highest BCUT2D eigenvalue weighted by molar-refractivity contribution is 7.92. The molecule has 5 nitrogen and oxygen atoms in total. The normalized spacial score (nSPS) is 12.1. The van der Waals surface area contributed by atoms with Gasteiger partial charge in [-0.3, -0.25) is 4.72 Å². The molecule has 124 valence electrons. The summed E-state index contributed by atoms with van der Waals surface area (Å²) in [7, 11) is -3.84. The maximum atomic E-state index is 12.4. The summed E-state index contributed by atoms with van der Waals surface area (Å²) in [6, 6.07) is 8.03. The molecule has 2 rings (SSSR count). The van der Waals surface area contributed by atoms with Gasteiger partial charge >= 0.3 is 0 Å². The van der Waals surface area contributed by atoms with E-state index in [1.807, 2.05) is 0 Å². The summed E-state index contributed by atoms with van der Waals surface area (Å²) in [5, 5.41) is 12.5. The van der Waals surface area contributed by atoms with Crippen molar-refractivity contribution in [1.29, 1.82) is 0 Å². The molecule has 1 N–H and O–H groups in total. The number of hydrogen-bond acceptors (Lipinski definition) is 5. The Morgan fingerprint density at radius 2 is 1.83 bits per heavy atom. The first-order valence-electron chi connectivity index (χ1n) is 7.09. The second-order valence-corrected chi connectivity index (χ2v) is 8.42. The van der Waals surface area contributed by atoms with Crippen molar-refractivity contribution in [1.82, 2.24) is 0 Å². The molecular formula is C16H18NO4S2-. The number of benzene rings is 1. The fraction of sp³-hybridized carbons (Fsp3) is 0.312. The molecule has 0 radical (unpaired) electrons. The number of carbonyl (C=O) groups is 1. The van der Waals surface area contributed by atoms with E-state index >= 15 is 0 Å². The monoisotopic (exact) mass is 352 g/mol. The average Bonchev–Trinajstić information content (AvgIpc) is 2.95.